The molecule has 0 saturated carbocycles. The lowest BCUT2D eigenvalue weighted by Gasteiger charge is -2.09. The number of sulfone groups is 1. The third kappa shape index (κ3) is 3.04. The molecule has 0 unspecified atom stereocenters. The standard InChI is InChI=1S/C11H12F2O4S/c1-6(2)5-18(16,17)9-4-7(11(14)15)3-8(12)10(9)13/h3-4,6H,5H2,1-2H3,(H,14,15). The molecule has 1 N–H and O–H groups in total. The summed E-state index contributed by atoms with van der Waals surface area (Å²) in [5.41, 5.74) is -0.601. The summed E-state index contributed by atoms with van der Waals surface area (Å²) in [5.74, 6) is -5.22. The summed E-state index contributed by atoms with van der Waals surface area (Å²) in [6.45, 7) is 3.21. The maximum atomic E-state index is 13.4. The molecule has 0 heterocycles. The maximum absolute atomic E-state index is 13.4. The monoisotopic (exact) mass is 278 g/mol. The molecule has 0 aliphatic heterocycles. The molecule has 0 bridgehead atoms. The van der Waals surface area contributed by atoms with Crippen molar-refractivity contribution in [3.05, 3.63) is 29.3 Å². The number of hydrogen-bond donors (Lipinski definition) is 1. The predicted octanol–water partition coefficient (Wildman–Crippen LogP) is 2.09. The van der Waals surface area contributed by atoms with Gasteiger partial charge < -0.3 is 5.11 Å². The molecule has 0 spiro atoms. The molecule has 0 atom stereocenters. The lowest BCUT2D eigenvalue weighted by atomic mass is 10.2. The van der Waals surface area contributed by atoms with Crippen LogP contribution < -0.4 is 0 Å². The van der Waals surface area contributed by atoms with Crippen LogP contribution in [0.2, 0.25) is 0 Å². The van der Waals surface area contributed by atoms with Crippen LogP contribution >= 0.6 is 0 Å². The first-order chi connectivity index (χ1) is 8.15. The van der Waals surface area contributed by atoms with Gasteiger partial charge in [-0.15, -0.1) is 0 Å². The van der Waals surface area contributed by atoms with Gasteiger partial charge in [0.25, 0.3) is 0 Å². The second kappa shape index (κ2) is 5.01. The highest BCUT2D eigenvalue weighted by Crippen LogP contribution is 2.22. The molecule has 1 aromatic rings. The minimum absolute atomic E-state index is 0.286. The van der Waals surface area contributed by atoms with E-state index in [0.29, 0.717) is 12.1 Å². The van der Waals surface area contributed by atoms with E-state index in [1.54, 1.807) is 13.8 Å². The van der Waals surface area contributed by atoms with E-state index >= 15 is 0 Å². The molecule has 1 rings (SSSR count). The van der Waals surface area contributed by atoms with Crippen LogP contribution in [0.25, 0.3) is 0 Å². The smallest absolute Gasteiger partial charge is 0.335 e. The minimum Gasteiger partial charge on any atom is -0.478 e. The van der Waals surface area contributed by atoms with Crippen molar-refractivity contribution in [2.45, 2.75) is 18.7 Å². The number of hydrogen-bond acceptors (Lipinski definition) is 3. The summed E-state index contributed by atoms with van der Waals surface area (Å²) in [4.78, 5) is 9.77. The van der Waals surface area contributed by atoms with Crippen LogP contribution in [-0.2, 0) is 9.84 Å². The molecule has 0 aliphatic carbocycles. The van der Waals surface area contributed by atoms with Gasteiger partial charge in [-0.2, -0.15) is 0 Å². The number of rotatable bonds is 4. The molecular weight excluding hydrogens is 266 g/mol. The SMILES string of the molecule is CC(C)CS(=O)(=O)c1cc(C(=O)O)cc(F)c1F. The highest BCUT2D eigenvalue weighted by Gasteiger charge is 2.25. The molecule has 0 aromatic heterocycles. The number of halogens is 2. The Morgan fingerprint density at radius 2 is 1.89 bits per heavy atom. The zero-order chi connectivity index (χ0) is 14.1. The minimum atomic E-state index is -4.05. The number of carbonyl (C=O) groups is 1. The van der Waals surface area contributed by atoms with Gasteiger partial charge in [-0.1, -0.05) is 13.8 Å². The summed E-state index contributed by atoms with van der Waals surface area (Å²) >= 11 is 0. The van der Waals surface area contributed by atoms with Crippen LogP contribution in [0.15, 0.2) is 17.0 Å². The Morgan fingerprint density at radius 1 is 1.33 bits per heavy atom. The van der Waals surface area contributed by atoms with Crippen LogP contribution in [0, 0.1) is 17.6 Å². The van der Waals surface area contributed by atoms with Gasteiger partial charge in [-0.3, -0.25) is 0 Å². The maximum Gasteiger partial charge on any atom is 0.335 e. The molecule has 0 radical (unpaired) electrons. The van der Waals surface area contributed by atoms with Crippen LogP contribution in [-0.4, -0.2) is 25.2 Å². The van der Waals surface area contributed by atoms with E-state index in [0.717, 1.165) is 0 Å². The summed E-state index contributed by atoms with van der Waals surface area (Å²) < 4.78 is 50.2. The van der Waals surface area contributed by atoms with Gasteiger partial charge in [0.1, 0.15) is 4.90 Å². The van der Waals surface area contributed by atoms with Crippen LogP contribution in [0.3, 0.4) is 0 Å². The molecule has 1 aromatic carbocycles. The highest BCUT2D eigenvalue weighted by atomic mass is 32.2. The number of carboxylic acids is 1. The first-order valence-electron chi connectivity index (χ1n) is 5.10. The van der Waals surface area contributed by atoms with Crippen molar-refractivity contribution in [3.8, 4) is 0 Å². The Bertz CT molecular complexity index is 579. The number of benzene rings is 1. The van der Waals surface area contributed by atoms with E-state index in [9.17, 15) is 22.0 Å². The molecular formula is C11H12F2O4S. The van der Waals surface area contributed by atoms with Gasteiger partial charge in [0.15, 0.2) is 21.5 Å². The topological polar surface area (TPSA) is 71.4 Å². The largest absolute Gasteiger partial charge is 0.478 e. The fraction of sp³-hybridized carbons (Fsp3) is 0.364. The Hall–Kier alpha value is -1.50. The summed E-state index contributed by atoms with van der Waals surface area (Å²) in [5, 5.41) is 8.69. The van der Waals surface area contributed by atoms with Crippen molar-refractivity contribution in [2.24, 2.45) is 5.92 Å². The second-order valence-corrected chi connectivity index (χ2v) is 6.25. The molecule has 18 heavy (non-hydrogen) atoms. The molecule has 4 nitrogen and oxygen atoms in total. The Morgan fingerprint density at radius 3 is 2.33 bits per heavy atom. The van der Waals surface area contributed by atoms with Crippen LogP contribution in [0.1, 0.15) is 24.2 Å². The third-order valence-electron chi connectivity index (χ3n) is 2.13. The Labute approximate surface area is 103 Å². The van der Waals surface area contributed by atoms with E-state index < -0.39 is 37.9 Å². The Balaban J connectivity index is 3.45. The zero-order valence-electron chi connectivity index (χ0n) is 9.78. The van der Waals surface area contributed by atoms with Crippen molar-refractivity contribution < 1.29 is 27.1 Å². The van der Waals surface area contributed by atoms with E-state index in [2.05, 4.69) is 0 Å². The molecule has 100 valence electrons. The van der Waals surface area contributed by atoms with Gasteiger partial charge in [0.05, 0.1) is 11.3 Å². The van der Waals surface area contributed by atoms with Gasteiger partial charge in [-0.05, 0) is 18.1 Å². The van der Waals surface area contributed by atoms with Crippen LogP contribution in [0.4, 0.5) is 8.78 Å². The van der Waals surface area contributed by atoms with Crippen molar-refractivity contribution >= 4 is 15.8 Å². The molecule has 0 amide bonds. The lowest BCUT2D eigenvalue weighted by Crippen LogP contribution is -2.15. The third-order valence-corrected chi connectivity index (χ3v) is 4.20. The predicted molar refractivity (Wildman–Crippen MR) is 60.2 cm³/mol. The quantitative estimate of drug-likeness (QED) is 0.915. The van der Waals surface area contributed by atoms with Crippen molar-refractivity contribution in [3.63, 3.8) is 0 Å². The normalized spacial score (nSPS) is 11.8. The first kappa shape index (κ1) is 14.6. The van der Waals surface area contributed by atoms with E-state index in [1.807, 2.05) is 0 Å². The number of carboxylic acid groups (broad SMARTS) is 1. The average molecular weight is 278 g/mol. The van der Waals surface area contributed by atoms with E-state index in [-0.39, 0.29) is 11.7 Å². The van der Waals surface area contributed by atoms with Gasteiger partial charge in [0, 0.05) is 0 Å². The van der Waals surface area contributed by atoms with Gasteiger partial charge >= 0.3 is 5.97 Å². The molecule has 7 heteroatoms. The average Bonchev–Trinajstić information content (AvgIpc) is 2.19. The molecule has 0 aliphatic rings. The Kier molecular flexibility index (Phi) is 4.05. The first-order valence-corrected chi connectivity index (χ1v) is 6.75. The summed E-state index contributed by atoms with van der Waals surface area (Å²) in [7, 11) is -4.05. The van der Waals surface area contributed by atoms with Crippen molar-refractivity contribution in [2.75, 3.05) is 5.75 Å². The van der Waals surface area contributed by atoms with E-state index in [4.69, 9.17) is 5.11 Å². The highest BCUT2D eigenvalue weighted by molar-refractivity contribution is 7.91. The van der Waals surface area contributed by atoms with Crippen molar-refractivity contribution in [1.29, 1.82) is 0 Å². The second-order valence-electron chi connectivity index (χ2n) is 4.25. The van der Waals surface area contributed by atoms with Crippen molar-refractivity contribution in [1.82, 2.24) is 0 Å². The fourth-order valence-corrected chi connectivity index (χ4v) is 3.18. The molecule has 0 fully saturated rings. The lowest BCUT2D eigenvalue weighted by molar-refractivity contribution is 0.0696. The zero-order valence-corrected chi connectivity index (χ0v) is 10.6. The molecule has 0 saturated heterocycles. The summed E-state index contributed by atoms with van der Waals surface area (Å²) in [6.07, 6.45) is 0. The van der Waals surface area contributed by atoms with Gasteiger partial charge in [0.2, 0.25) is 0 Å². The number of aromatic carboxylic acids is 1. The van der Waals surface area contributed by atoms with Crippen LogP contribution in [0.5, 0.6) is 0 Å². The van der Waals surface area contributed by atoms with E-state index in [1.165, 1.54) is 0 Å². The summed E-state index contributed by atoms with van der Waals surface area (Å²) in [6, 6.07) is 1.09. The fourth-order valence-electron chi connectivity index (χ4n) is 1.44. The van der Waals surface area contributed by atoms with Gasteiger partial charge in [-0.25, -0.2) is 22.0 Å².